The average Bonchev–Trinajstić information content (AvgIpc) is 3.31. The molecule has 0 bridgehead atoms. The van der Waals surface area contributed by atoms with Gasteiger partial charge >= 0.3 is 0 Å². The maximum absolute atomic E-state index is 12.8. The Morgan fingerprint density at radius 2 is 1.80 bits per heavy atom. The topological polar surface area (TPSA) is 72.6 Å². The van der Waals surface area contributed by atoms with E-state index in [9.17, 15) is 4.79 Å². The van der Waals surface area contributed by atoms with Gasteiger partial charge in [0.05, 0.1) is 5.69 Å². The highest BCUT2D eigenvalue weighted by Gasteiger charge is 2.28. The number of ether oxygens (including phenoxy) is 1. The largest absolute Gasteiger partial charge is 0.457 e. The fraction of sp³-hybridized carbons (Fsp3) is 0.217. The molecular weight excluding hydrogens is 378 g/mol. The van der Waals surface area contributed by atoms with Crippen molar-refractivity contribution in [1.29, 1.82) is 0 Å². The van der Waals surface area contributed by atoms with E-state index in [-0.39, 0.29) is 5.91 Å². The van der Waals surface area contributed by atoms with Gasteiger partial charge in [-0.1, -0.05) is 18.2 Å². The van der Waals surface area contributed by atoms with Crippen LogP contribution in [0.3, 0.4) is 0 Å². The zero-order chi connectivity index (χ0) is 20.7. The molecule has 0 aliphatic carbocycles. The van der Waals surface area contributed by atoms with E-state index in [0.717, 1.165) is 47.9 Å². The van der Waals surface area contributed by atoms with E-state index in [1.807, 2.05) is 66.2 Å². The van der Waals surface area contributed by atoms with Gasteiger partial charge in [-0.25, -0.2) is 4.52 Å². The van der Waals surface area contributed by atoms with Gasteiger partial charge in [-0.05, 0) is 36.4 Å². The Morgan fingerprint density at radius 1 is 1.07 bits per heavy atom. The van der Waals surface area contributed by atoms with E-state index < -0.39 is 0 Å². The number of amides is 1. The summed E-state index contributed by atoms with van der Waals surface area (Å²) in [4.78, 5) is 12.8. The van der Waals surface area contributed by atoms with Crippen molar-refractivity contribution in [1.82, 2.24) is 24.8 Å². The molecule has 2 N–H and O–H groups in total. The summed E-state index contributed by atoms with van der Waals surface area (Å²) in [6, 6.07) is 17.3. The van der Waals surface area contributed by atoms with Gasteiger partial charge < -0.3 is 19.9 Å². The van der Waals surface area contributed by atoms with E-state index in [1.165, 1.54) is 5.69 Å². The number of nitrogens with one attached hydrogen (secondary N) is 2. The van der Waals surface area contributed by atoms with Crippen molar-refractivity contribution in [3.63, 3.8) is 0 Å². The highest BCUT2D eigenvalue weighted by molar-refractivity contribution is 6.05. The highest BCUT2D eigenvalue weighted by atomic mass is 16.5. The molecule has 152 valence electrons. The number of aryl methyl sites for hydroxylation is 1. The number of carbonyl (C=O) groups is 1. The summed E-state index contributed by atoms with van der Waals surface area (Å²) in [6.07, 6.45) is 0.920. The van der Waals surface area contributed by atoms with E-state index in [0.29, 0.717) is 11.3 Å². The second-order valence-electron chi connectivity index (χ2n) is 7.36. The van der Waals surface area contributed by atoms with Crippen LogP contribution in [-0.4, -0.2) is 33.7 Å². The maximum Gasteiger partial charge on any atom is 0.257 e. The van der Waals surface area contributed by atoms with Crippen LogP contribution in [0.5, 0.6) is 11.5 Å². The van der Waals surface area contributed by atoms with E-state index in [4.69, 9.17) is 9.84 Å². The van der Waals surface area contributed by atoms with Crippen LogP contribution in [0.2, 0.25) is 0 Å². The Balaban J connectivity index is 1.59. The fourth-order valence-corrected chi connectivity index (χ4v) is 4.09. The first-order chi connectivity index (χ1) is 14.7. The maximum atomic E-state index is 12.8. The first kappa shape index (κ1) is 18.4. The number of imidazole rings is 1. The molecule has 5 rings (SSSR count). The molecule has 3 heterocycles. The molecule has 0 radical (unpaired) electrons. The molecule has 4 aromatic rings. The van der Waals surface area contributed by atoms with Crippen molar-refractivity contribution in [2.24, 2.45) is 7.05 Å². The summed E-state index contributed by atoms with van der Waals surface area (Å²) in [5, 5.41) is 11.0. The second-order valence-corrected chi connectivity index (χ2v) is 7.36. The molecule has 1 aliphatic heterocycles. The molecule has 2 aromatic heterocycles. The Labute approximate surface area is 174 Å². The number of benzene rings is 2. The molecule has 0 saturated carbocycles. The molecule has 0 fully saturated rings. The molecule has 30 heavy (non-hydrogen) atoms. The van der Waals surface area contributed by atoms with Crippen LogP contribution in [0.25, 0.3) is 16.9 Å². The Hall–Kier alpha value is -3.58. The number of carbonyl (C=O) groups excluding carboxylic acids is 1. The second kappa shape index (κ2) is 7.35. The monoisotopic (exact) mass is 401 g/mol. The lowest BCUT2D eigenvalue weighted by Gasteiger charge is -2.14. The van der Waals surface area contributed by atoms with Gasteiger partial charge in [-0.15, -0.1) is 0 Å². The Morgan fingerprint density at radius 3 is 2.53 bits per heavy atom. The zero-order valence-corrected chi connectivity index (χ0v) is 17.0. The summed E-state index contributed by atoms with van der Waals surface area (Å²) in [5.74, 6) is 1.37. The average molecular weight is 401 g/mol. The minimum atomic E-state index is -0.143. The molecule has 0 spiro atoms. The molecule has 0 saturated heterocycles. The van der Waals surface area contributed by atoms with Crippen LogP contribution in [0.4, 0.5) is 0 Å². The quantitative estimate of drug-likeness (QED) is 0.551. The van der Waals surface area contributed by atoms with Crippen LogP contribution in [0.15, 0.2) is 54.6 Å². The summed E-state index contributed by atoms with van der Waals surface area (Å²) in [7, 11) is 3.66. The third-order valence-corrected chi connectivity index (χ3v) is 5.56. The van der Waals surface area contributed by atoms with E-state index in [2.05, 4.69) is 15.2 Å². The van der Waals surface area contributed by atoms with Crippen LogP contribution >= 0.6 is 0 Å². The summed E-state index contributed by atoms with van der Waals surface area (Å²) >= 11 is 0. The number of nitrogens with zero attached hydrogens (tertiary/aromatic N) is 3. The van der Waals surface area contributed by atoms with E-state index >= 15 is 0 Å². The van der Waals surface area contributed by atoms with Crippen molar-refractivity contribution in [3.05, 3.63) is 71.5 Å². The van der Waals surface area contributed by atoms with Crippen molar-refractivity contribution >= 4 is 11.6 Å². The molecule has 2 aromatic carbocycles. The molecular formula is C23H23N5O2. The third-order valence-electron chi connectivity index (χ3n) is 5.56. The molecule has 1 aliphatic rings. The summed E-state index contributed by atoms with van der Waals surface area (Å²) < 4.78 is 9.90. The lowest BCUT2D eigenvalue weighted by molar-refractivity contribution is 0.0965. The number of rotatable bonds is 4. The lowest BCUT2D eigenvalue weighted by Crippen LogP contribution is -2.25. The minimum absolute atomic E-state index is 0.143. The van der Waals surface area contributed by atoms with Gasteiger partial charge in [0.15, 0.2) is 0 Å². The zero-order valence-electron chi connectivity index (χ0n) is 17.0. The first-order valence-corrected chi connectivity index (χ1v) is 10.0. The summed E-state index contributed by atoms with van der Waals surface area (Å²) in [5.41, 5.74) is 5.28. The van der Waals surface area contributed by atoms with Crippen molar-refractivity contribution in [2.75, 3.05) is 13.6 Å². The predicted molar refractivity (Wildman–Crippen MR) is 115 cm³/mol. The van der Waals surface area contributed by atoms with Crippen molar-refractivity contribution < 1.29 is 9.53 Å². The predicted octanol–water partition coefficient (Wildman–Crippen LogP) is 3.14. The number of aromatic nitrogens is 3. The van der Waals surface area contributed by atoms with Crippen LogP contribution in [0.1, 0.15) is 21.7 Å². The van der Waals surface area contributed by atoms with Gasteiger partial charge in [0.25, 0.3) is 5.91 Å². The van der Waals surface area contributed by atoms with Crippen LogP contribution in [-0.2, 0) is 20.0 Å². The van der Waals surface area contributed by atoms with Crippen LogP contribution < -0.4 is 15.4 Å². The van der Waals surface area contributed by atoms with Crippen LogP contribution in [0, 0.1) is 0 Å². The first-order valence-electron chi connectivity index (χ1n) is 10.0. The molecule has 1 amide bonds. The standard InChI is InChI=1S/C23H23N5O2/c1-24-22(29)20-21(26-28-19-14-25-13-12-18(19)27(2)23(20)28)15-8-10-17(11-9-15)30-16-6-4-3-5-7-16/h3-11,25H,12-14H2,1-2H3,(H,24,29). The van der Waals surface area contributed by atoms with Gasteiger partial charge in [0, 0.05) is 44.9 Å². The van der Waals surface area contributed by atoms with Gasteiger partial charge in [-0.2, -0.15) is 5.10 Å². The van der Waals surface area contributed by atoms with Crippen molar-refractivity contribution in [2.45, 2.75) is 13.0 Å². The molecule has 7 heteroatoms. The number of hydrogen-bond acceptors (Lipinski definition) is 4. The van der Waals surface area contributed by atoms with Gasteiger partial charge in [0.1, 0.15) is 28.4 Å². The van der Waals surface area contributed by atoms with Crippen molar-refractivity contribution in [3.8, 4) is 22.8 Å². The fourth-order valence-electron chi connectivity index (χ4n) is 4.09. The molecule has 7 nitrogen and oxygen atoms in total. The van der Waals surface area contributed by atoms with Gasteiger partial charge in [0.2, 0.25) is 0 Å². The van der Waals surface area contributed by atoms with Gasteiger partial charge in [-0.3, -0.25) is 4.79 Å². The molecule has 0 unspecified atom stereocenters. The number of fused-ring (bicyclic) bond motifs is 3. The number of para-hydroxylation sites is 1. The third kappa shape index (κ3) is 2.95. The SMILES string of the molecule is CNC(=O)c1c(-c2ccc(Oc3ccccc3)cc2)nn2c3c(n(C)c12)CCNC3. The Kier molecular flexibility index (Phi) is 4.52. The number of hydrogen-bond donors (Lipinski definition) is 2. The summed E-state index contributed by atoms with van der Waals surface area (Å²) in [6.45, 7) is 1.67. The lowest BCUT2D eigenvalue weighted by atomic mass is 10.1. The smallest absolute Gasteiger partial charge is 0.257 e. The Bertz CT molecular complexity index is 1220. The normalized spacial score (nSPS) is 13.3. The highest BCUT2D eigenvalue weighted by Crippen LogP contribution is 2.32. The van der Waals surface area contributed by atoms with E-state index in [1.54, 1.807) is 7.05 Å². The minimum Gasteiger partial charge on any atom is -0.457 e. The molecule has 0 atom stereocenters.